The fourth-order valence-corrected chi connectivity index (χ4v) is 1.77. The zero-order valence-electron chi connectivity index (χ0n) is 12.1. The molecule has 2 rings (SSSR count). The lowest BCUT2D eigenvalue weighted by Gasteiger charge is -2.32. The maximum absolute atomic E-state index is 5.91. The molecule has 0 radical (unpaired) electrons. The second-order valence-electron chi connectivity index (χ2n) is 5.85. The summed E-state index contributed by atoms with van der Waals surface area (Å²) < 4.78 is 17.5. The minimum absolute atomic E-state index is 0.340. The van der Waals surface area contributed by atoms with Gasteiger partial charge in [-0.2, -0.15) is 0 Å². The predicted molar refractivity (Wildman–Crippen MR) is 77.2 cm³/mol. The van der Waals surface area contributed by atoms with E-state index in [2.05, 4.69) is 6.58 Å². The Balaban J connectivity index is 1.92. The summed E-state index contributed by atoms with van der Waals surface area (Å²) in [7, 11) is -0.409. The molecular formula is C15H21BO3. The molecule has 0 aliphatic carbocycles. The smallest absolute Gasteiger partial charge is 0.490 e. The van der Waals surface area contributed by atoms with Gasteiger partial charge in [-0.1, -0.05) is 24.8 Å². The van der Waals surface area contributed by atoms with Gasteiger partial charge < -0.3 is 14.0 Å². The minimum Gasteiger partial charge on any atom is -0.490 e. The Labute approximate surface area is 115 Å². The fraction of sp³-hybridized carbons (Fsp3) is 0.467. The number of hydrogen-bond donors (Lipinski definition) is 0. The maximum atomic E-state index is 5.91. The summed E-state index contributed by atoms with van der Waals surface area (Å²) in [6, 6.07) is 9.66. The third-order valence-electron chi connectivity index (χ3n) is 3.75. The van der Waals surface area contributed by atoms with Crippen molar-refractivity contribution in [2.45, 2.75) is 38.9 Å². The monoisotopic (exact) mass is 260 g/mol. The zero-order valence-corrected chi connectivity index (χ0v) is 12.1. The molecule has 0 unspecified atom stereocenters. The Bertz CT molecular complexity index is 438. The predicted octanol–water partition coefficient (Wildman–Crippen LogP) is 3.25. The van der Waals surface area contributed by atoms with E-state index in [4.69, 9.17) is 14.0 Å². The van der Waals surface area contributed by atoms with Crippen LogP contribution in [0.25, 0.3) is 0 Å². The lowest BCUT2D eigenvalue weighted by Crippen LogP contribution is -2.41. The van der Waals surface area contributed by atoms with Crippen LogP contribution in [-0.2, 0) is 9.31 Å². The first kappa shape index (κ1) is 14.2. The van der Waals surface area contributed by atoms with Crippen LogP contribution in [0.2, 0.25) is 0 Å². The highest BCUT2D eigenvalue weighted by Gasteiger charge is 2.52. The van der Waals surface area contributed by atoms with Gasteiger partial charge in [0.2, 0.25) is 0 Å². The SMILES string of the molecule is C=C(COc1ccccc1)B1OC(C)(C)C(C)(C)O1. The summed E-state index contributed by atoms with van der Waals surface area (Å²) in [5.41, 5.74) is 0.114. The molecule has 0 aromatic heterocycles. The van der Waals surface area contributed by atoms with Gasteiger partial charge in [0, 0.05) is 0 Å². The minimum atomic E-state index is -0.409. The Kier molecular flexibility index (Phi) is 3.74. The van der Waals surface area contributed by atoms with Crippen LogP contribution in [0.3, 0.4) is 0 Å². The van der Waals surface area contributed by atoms with Gasteiger partial charge in [-0.25, -0.2) is 0 Å². The molecule has 0 saturated carbocycles. The molecule has 1 fully saturated rings. The second-order valence-corrected chi connectivity index (χ2v) is 5.85. The number of benzene rings is 1. The van der Waals surface area contributed by atoms with Crippen molar-refractivity contribution in [2.75, 3.05) is 6.61 Å². The van der Waals surface area contributed by atoms with Crippen LogP contribution in [0.5, 0.6) is 5.75 Å². The lowest BCUT2D eigenvalue weighted by atomic mass is 9.80. The first-order valence-corrected chi connectivity index (χ1v) is 6.53. The van der Waals surface area contributed by atoms with Crippen LogP contribution in [0.15, 0.2) is 42.4 Å². The third-order valence-corrected chi connectivity index (χ3v) is 3.75. The molecular weight excluding hydrogens is 239 g/mol. The molecule has 4 heteroatoms. The molecule has 0 atom stereocenters. The van der Waals surface area contributed by atoms with Gasteiger partial charge in [0.05, 0.1) is 11.2 Å². The summed E-state index contributed by atoms with van der Waals surface area (Å²) >= 11 is 0. The van der Waals surface area contributed by atoms with E-state index in [1.807, 2.05) is 58.0 Å². The molecule has 1 aromatic rings. The number of para-hydroxylation sites is 1. The number of hydrogen-bond acceptors (Lipinski definition) is 3. The van der Waals surface area contributed by atoms with Crippen molar-refractivity contribution in [1.29, 1.82) is 0 Å². The van der Waals surface area contributed by atoms with Gasteiger partial charge in [-0.15, -0.1) is 0 Å². The largest absolute Gasteiger partial charge is 0.493 e. The second kappa shape index (κ2) is 5.02. The van der Waals surface area contributed by atoms with E-state index in [0.717, 1.165) is 11.2 Å². The topological polar surface area (TPSA) is 27.7 Å². The molecule has 102 valence electrons. The van der Waals surface area contributed by atoms with Crippen LogP contribution in [0.1, 0.15) is 27.7 Å². The molecule has 0 bridgehead atoms. The molecule has 19 heavy (non-hydrogen) atoms. The van der Waals surface area contributed by atoms with E-state index in [9.17, 15) is 0 Å². The average Bonchev–Trinajstić information content (AvgIpc) is 2.57. The first-order valence-electron chi connectivity index (χ1n) is 6.53. The molecule has 1 saturated heterocycles. The van der Waals surface area contributed by atoms with Crippen LogP contribution >= 0.6 is 0 Å². The van der Waals surface area contributed by atoms with Crippen molar-refractivity contribution >= 4 is 7.12 Å². The number of rotatable bonds is 4. The van der Waals surface area contributed by atoms with Gasteiger partial charge in [0.1, 0.15) is 12.4 Å². The van der Waals surface area contributed by atoms with Crippen LogP contribution in [-0.4, -0.2) is 24.9 Å². The first-order chi connectivity index (χ1) is 8.82. The third kappa shape index (κ3) is 3.02. The Hall–Kier alpha value is -1.26. The van der Waals surface area contributed by atoms with Crippen LogP contribution in [0, 0.1) is 0 Å². The van der Waals surface area contributed by atoms with Gasteiger partial charge >= 0.3 is 7.12 Å². The van der Waals surface area contributed by atoms with Gasteiger partial charge in [-0.3, -0.25) is 0 Å². The van der Waals surface area contributed by atoms with Gasteiger partial charge in [0.25, 0.3) is 0 Å². The van der Waals surface area contributed by atoms with Crippen molar-refractivity contribution in [3.63, 3.8) is 0 Å². The Morgan fingerprint density at radius 3 is 2.16 bits per heavy atom. The van der Waals surface area contributed by atoms with Gasteiger partial charge in [-0.05, 0) is 45.3 Å². The van der Waals surface area contributed by atoms with Crippen LogP contribution < -0.4 is 4.74 Å². The standard InChI is InChI=1S/C15H21BO3/c1-12(11-17-13-9-7-6-8-10-13)16-18-14(2,3)15(4,5)19-16/h6-10H,1,11H2,2-5H3. The van der Waals surface area contributed by atoms with Crippen LogP contribution in [0.4, 0.5) is 0 Å². The summed E-state index contributed by atoms with van der Waals surface area (Å²) in [4.78, 5) is 0. The van der Waals surface area contributed by atoms with Crippen molar-refractivity contribution in [2.24, 2.45) is 0 Å². The molecule has 0 amide bonds. The summed E-state index contributed by atoms with van der Waals surface area (Å²) in [5, 5.41) is 0. The Morgan fingerprint density at radius 2 is 1.63 bits per heavy atom. The number of ether oxygens (including phenoxy) is 1. The van der Waals surface area contributed by atoms with E-state index in [1.165, 1.54) is 0 Å². The molecule has 1 aliphatic heterocycles. The average molecular weight is 260 g/mol. The highest BCUT2D eigenvalue weighted by atomic mass is 16.7. The van der Waals surface area contributed by atoms with Gasteiger partial charge in [0.15, 0.2) is 0 Å². The zero-order chi connectivity index (χ0) is 14.1. The Morgan fingerprint density at radius 1 is 1.11 bits per heavy atom. The molecule has 0 spiro atoms. The molecule has 1 heterocycles. The van der Waals surface area contributed by atoms with E-state index in [0.29, 0.717) is 6.61 Å². The van der Waals surface area contributed by atoms with E-state index in [1.54, 1.807) is 0 Å². The molecule has 3 nitrogen and oxygen atoms in total. The summed E-state index contributed by atoms with van der Waals surface area (Å²) in [6.07, 6.45) is 0. The van der Waals surface area contributed by atoms with E-state index < -0.39 is 7.12 Å². The molecule has 1 aliphatic rings. The normalized spacial score (nSPS) is 20.3. The maximum Gasteiger partial charge on any atom is 0.493 e. The summed E-state index contributed by atoms with van der Waals surface area (Å²) in [6.45, 7) is 12.5. The van der Waals surface area contributed by atoms with E-state index >= 15 is 0 Å². The van der Waals surface area contributed by atoms with Crippen molar-refractivity contribution in [3.8, 4) is 5.75 Å². The highest BCUT2D eigenvalue weighted by molar-refractivity contribution is 6.54. The highest BCUT2D eigenvalue weighted by Crippen LogP contribution is 2.38. The fourth-order valence-electron chi connectivity index (χ4n) is 1.77. The van der Waals surface area contributed by atoms with Crippen molar-refractivity contribution in [1.82, 2.24) is 0 Å². The lowest BCUT2D eigenvalue weighted by molar-refractivity contribution is 0.00578. The summed E-state index contributed by atoms with van der Waals surface area (Å²) in [5.74, 6) is 0.820. The van der Waals surface area contributed by atoms with Crippen molar-refractivity contribution < 1.29 is 14.0 Å². The van der Waals surface area contributed by atoms with Crippen molar-refractivity contribution in [3.05, 3.63) is 42.4 Å². The molecule has 1 aromatic carbocycles. The van der Waals surface area contributed by atoms with E-state index in [-0.39, 0.29) is 11.2 Å². The quantitative estimate of drug-likeness (QED) is 0.778. The molecule has 0 N–H and O–H groups in total.